The molecule has 0 radical (unpaired) electrons. The number of hydrogen-bond donors (Lipinski definition) is 2. The van der Waals surface area contributed by atoms with E-state index in [0.717, 1.165) is 5.75 Å². The molecule has 2 aliphatic rings. The predicted molar refractivity (Wildman–Crippen MR) is 64.6 cm³/mol. The van der Waals surface area contributed by atoms with E-state index in [1.165, 1.54) is 0 Å². The van der Waals surface area contributed by atoms with E-state index in [1.54, 1.807) is 11.8 Å². The maximum atomic E-state index is 11.9. The average molecular weight is 242 g/mol. The van der Waals surface area contributed by atoms with Gasteiger partial charge in [0, 0.05) is 22.8 Å². The van der Waals surface area contributed by atoms with Crippen molar-refractivity contribution in [2.45, 2.75) is 44.5 Å². The third kappa shape index (κ3) is 2.19. The van der Waals surface area contributed by atoms with Gasteiger partial charge in [0.15, 0.2) is 0 Å². The number of rotatable bonds is 2. The van der Waals surface area contributed by atoms with Crippen LogP contribution < -0.4 is 10.6 Å². The van der Waals surface area contributed by atoms with Crippen LogP contribution in [0.2, 0.25) is 0 Å². The van der Waals surface area contributed by atoms with Gasteiger partial charge in [-0.3, -0.25) is 4.79 Å². The maximum Gasteiger partial charge on any atom is 0.315 e. The quantitative estimate of drug-likeness (QED) is 0.714. The highest BCUT2D eigenvalue weighted by Gasteiger charge is 2.44. The van der Waals surface area contributed by atoms with Crippen molar-refractivity contribution in [3.63, 3.8) is 0 Å². The molecule has 0 aromatic carbocycles. The minimum absolute atomic E-state index is 0.0940. The second kappa shape index (κ2) is 3.95. The van der Waals surface area contributed by atoms with Gasteiger partial charge in [-0.15, -0.1) is 0 Å². The Bertz CT molecular complexity index is 324. The summed E-state index contributed by atoms with van der Waals surface area (Å²) in [5, 5.41) is 6.01. The molecule has 4 nitrogen and oxygen atoms in total. The molecule has 2 N–H and O–H groups in total. The summed E-state index contributed by atoms with van der Waals surface area (Å²) in [5.74, 6) is 1.18. The van der Waals surface area contributed by atoms with Crippen LogP contribution in [0.1, 0.15) is 27.2 Å². The van der Waals surface area contributed by atoms with Gasteiger partial charge in [0.25, 0.3) is 0 Å². The normalized spacial score (nSPS) is 33.2. The molecule has 2 fully saturated rings. The fourth-order valence-electron chi connectivity index (χ4n) is 2.05. The van der Waals surface area contributed by atoms with Crippen molar-refractivity contribution in [3.8, 4) is 0 Å². The van der Waals surface area contributed by atoms with Crippen LogP contribution in [-0.2, 0) is 4.79 Å². The molecule has 2 aliphatic heterocycles. The Morgan fingerprint density at radius 1 is 1.44 bits per heavy atom. The first-order valence-corrected chi connectivity index (χ1v) is 6.65. The van der Waals surface area contributed by atoms with Gasteiger partial charge in [0.2, 0.25) is 0 Å². The first kappa shape index (κ1) is 11.8. The molecule has 0 aliphatic carbocycles. The topological polar surface area (TPSA) is 58.2 Å². The van der Waals surface area contributed by atoms with Crippen molar-refractivity contribution in [3.05, 3.63) is 0 Å². The van der Waals surface area contributed by atoms with E-state index < -0.39 is 0 Å². The van der Waals surface area contributed by atoms with Crippen molar-refractivity contribution in [2.75, 3.05) is 5.75 Å². The van der Waals surface area contributed by atoms with Crippen LogP contribution in [0.5, 0.6) is 0 Å². The first-order valence-electron chi connectivity index (χ1n) is 5.60. The predicted octanol–water partition coefficient (Wildman–Crippen LogP) is 1.16. The second-order valence-electron chi connectivity index (χ2n) is 5.50. The highest BCUT2D eigenvalue weighted by atomic mass is 32.2. The van der Waals surface area contributed by atoms with Gasteiger partial charge in [-0.2, -0.15) is 11.8 Å². The Balaban J connectivity index is 1.97. The zero-order chi connectivity index (χ0) is 11.9. The Hall–Kier alpha value is -0.710. The number of hydrogen-bond acceptors (Lipinski definition) is 3. The number of Topliss-reactive ketones (excluding diaryl/α,β-unsaturated/α-hetero) is 1. The van der Waals surface area contributed by atoms with Crippen LogP contribution in [0.3, 0.4) is 0 Å². The average Bonchev–Trinajstić information content (AvgIpc) is 2.65. The van der Waals surface area contributed by atoms with Crippen LogP contribution in [0.15, 0.2) is 0 Å². The summed E-state index contributed by atoms with van der Waals surface area (Å²) in [6.45, 7) is 5.83. The third-order valence-corrected chi connectivity index (χ3v) is 4.60. The fourth-order valence-corrected chi connectivity index (χ4v) is 3.53. The van der Waals surface area contributed by atoms with Crippen molar-refractivity contribution in [1.82, 2.24) is 10.6 Å². The molecule has 2 amide bonds. The molecule has 90 valence electrons. The van der Waals surface area contributed by atoms with E-state index in [0.29, 0.717) is 6.42 Å². The van der Waals surface area contributed by atoms with Crippen LogP contribution >= 0.6 is 11.8 Å². The number of fused-ring (bicyclic) bond motifs is 1. The molecule has 0 aromatic heterocycles. The Morgan fingerprint density at radius 2 is 2.12 bits per heavy atom. The van der Waals surface area contributed by atoms with Crippen LogP contribution in [0, 0.1) is 5.41 Å². The summed E-state index contributed by atoms with van der Waals surface area (Å²) in [4.78, 5) is 23.1. The van der Waals surface area contributed by atoms with Gasteiger partial charge in [-0.1, -0.05) is 20.8 Å². The summed E-state index contributed by atoms with van der Waals surface area (Å²) in [5.41, 5.74) is -0.283. The molecule has 2 heterocycles. The van der Waals surface area contributed by atoms with Crippen LogP contribution in [0.25, 0.3) is 0 Å². The van der Waals surface area contributed by atoms with Gasteiger partial charge < -0.3 is 10.6 Å². The van der Waals surface area contributed by atoms with Crippen molar-refractivity contribution in [1.29, 1.82) is 0 Å². The van der Waals surface area contributed by atoms with E-state index >= 15 is 0 Å². The highest BCUT2D eigenvalue weighted by molar-refractivity contribution is 8.00. The number of nitrogens with one attached hydrogen (secondary N) is 2. The molecule has 16 heavy (non-hydrogen) atoms. The summed E-state index contributed by atoms with van der Waals surface area (Å²) in [6.07, 6.45) is 0.553. The number of ketones is 1. The number of thioether (sulfide) groups is 1. The lowest BCUT2D eigenvalue weighted by Gasteiger charge is -2.21. The number of carbonyl (C=O) groups excluding carboxylic acids is 2. The summed E-state index contributed by atoms with van der Waals surface area (Å²) < 4.78 is 0. The van der Waals surface area contributed by atoms with Crippen molar-refractivity contribution < 1.29 is 9.59 Å². The highest BCUT2D eigenvalue weighted by Crippen LogP contribution is 2.34. The van der Waals surface area contributed by atoms with Crippen LogP contribution in [0.4, 0.5) is 4.79 Å². The van der Waals surface area contributed by atoms with E-state index in [-0.39, 0.29) is 34.6 Å². The zero-order valence-corrected chi connectivity index (χ0v) is 10.7. The molecule has 5 heteroatoms. The van der Waals surface area contributed by atoms with E-state index in [4.69, 9.17) is 0 Å². The number of carbonyl (C=O) groups is 2. The fraction of sp³-hybridized carbons (Fsp3) is 0.818. The molecule has 2 rings (SSSR count). The Kier molecular flexibility index (Phi) is 2.90. The first-order chi connectivity index (χ1) is 7.38. The van der Waals surface area contributed by atoms with Crippen molar-refractivity contribution in [2.24, 2.45) is 5.41 Å². The molecule has 3 atom stereocenters. The third-order valence-electron chi connectivity index (χ3n) is 3.16. The lowest BCUT2D eigenvalue weighted by Crippen LogP contribution is -2.39. The molecular formula is C11H18N2O2S. The minimum atomic E-state index is -0.283. The summed E-state index contributed by atoms with van der Waals surface area (Å²) in [7, 11) is 0. The monoisotopic (exact) mass is 242 g/mol. The molecule has 0 aromatic rings. The van der Waals surface area contributed by atoms with E-state index in [2.05, 4.69) is 10.6 Å². The molecule has 0 saturated carbocycles. The van der Waals surface area contributed by atoms with Gasteiger partial charge in [0.05, 0.1) is 12.1 Å². The lowest BCUT2D eigenvalue weighted by molar-refractivity contribution is -0.126. The summed E-state index contributed by atoms with van der Waals surface area (Å²) in [6, 6.07) is 0.238. The molecule has 3 unspecified atom stereocenters. The van der Waals surface area contributed by atoms with Gasteiger partial charge >= 0.3 is 6.03 Å². The molecule has 0 bridgehead atoms. The standard InChI is InChI=1S/C11H18N2O2S/c1-11(2,3)8(14)4-7-9-6(5-16-7)12-10(15)13-9/h6-7,9H,4-5H2,1-3H3,(H2,12,13,15). The molecule has 2 saturated heterocycles. The number of amides is 2. The molecular weight excluding hydrogens is 224 g/mol. The van der Waals surface area contributed by atoms with Gasteiger partial charge in [-0.25, -0.2) is 4.79 Å². The minimum Gasteiger partial charge on any atom is -0.332 e. The second-order valence-corrected chi connectivity index (χ2v) is 6.77. The summed E-state index contributed by atoms with van der Waals surface area (Å²) >= 11 is 1.78. The van der Waals surface area contributed by atoms with E-state index in [9.17, 15) is 9.59 Å². The Labute approximate surface area is 99.9 Å². The van der Waals surface area contributed by atoms with E-state index in [1.807, 2.05) is 20.8 Å². The molecule has 0 spiro atoms. The smallest absolute Gasteiger partial charge is 0.315 e. The van der Waals surface area contributed by atoms with Gasteiger partial charge in [0.1, 0.15) is 5.78 Å². The number of urea groups is 1. The Morgan fingerprint density at radius 3 is 2.75 bits per heavy atom. The maximum absolute atomic E-state index is 11.9. The van der Waals surface area contributed by atoms with Gasteiger partial charge in [-0.05, 0) is 0 Å². The largest absolute Gasteiger partial charge is 0.332 e. The van der Waals surface area contributed by atoms with Crippen LogP contribution in [-0.4, -0.2) is 34.9 Å². The van der Waals surface area contributed by atoms with Crippen molar-refractivity contribution >= 4 is 23.6 Å². The zero-order valence-electron chi connectivity index (χ0n) is 9.87. The lowest BCUT2D eigenvalue weighted by atomic mass is 9.87. The SMILES string of the molecule is CC(C)(C)C(=O)CC1SCC2NC(=O)NC21.